The molecule has 0 saturated heterocycles. The van der Waals surface area contributed by atoms with E-state index < -0.39 is 0 Å². The number of fused-ring (bicyclic) bond motifs is 4. The van der Waals surface area contributed by atoms with Crippen molar-refractivity contribution in [1.29, 1.82) is 0 Å². The van der Waals surface area contributed by atoms with E-state index in [9.17, 15) is 0 Å². The lowest BCUT2D eigenvalue weighted by Gasteiger charge is -2.20. The van der Waals surface area contributed by atoms with Crippen molar-refractivity contribution in [3.05, 3.63) is 192 Å². The summed E-state index contributed by atoms with van der Waals surface area (Å²) in [4.78, 5) is 10.4. The van der Waals surface area contributed by atoms with Crippen LogP contribution in [0.2, 0.25) is 0 Å². The summed E-state index contributed by atoms with van der Waals surface area (Å²) in [6.45, 7) is 0.823. The van der Waals surface area contributed by atoms with Gasteiger partial charge in [-0.2, -0.15) is 0 Å². The van der Waals surface area contributed by atoms with Gasteiger partial charge in [0.05, 0.1) is 12.2 Å². The van der Waals surface area contributed by atoms with Crippen LogP contribution in [0.3, 0.4) is 0 Å². The van der Waals surface area contributed by atoms with Gasteiger partial charge < -0.3 is 16.2 Å². The topological polar surface area (TPSA) is 86.0 Å². The first-order chi connectivity index (χ1) is 25.2. The lowest BCUT2D eigenvalue weighted by Crippen LogP contribution is -2.17. The standard InChI is InChI=1S/C46H36N4O/c47-41-25-13-14-26-42(41)51-30-33-27-28-40(35-20-8-7-19-34(33)35)43-38-23-11-9-21-36(38)37-22-10-12-24-39(37)44(43)46(49-29-31-15-3-1-4-16-31)50-45(48)32-17-5-2-6-18-32/h1-28H,29-30,47H2,(H2,48,49,50). The minimum atomic E-state index is 0.377. The number of benzene rings is 8. The highest BCUT2D eigenvalue weighted by atomic mass is 16.5. The lowest BCUT2D eigenvalue weighted by atomic mass is 9.85. The Hall–Kier alpha value is -6.72. The third kappa shape index (κ3) is 6.29. The maximum atomic E-state index is 6.80. The first-order valence-corrected chi connectivity index (χ1v) is 17.1. The van der Waals surface area contributed by atoms with Crippen LogP contribution in [0.15, 0.2) is 180 Å². The van der Waals surface area contributed by atoms with Gasteiger partial charge in [0, 0.05) is 16.7 Å². The molecule has 0 aliphatic rings. The first kappa shape index (κ1) is 31.5. The molecule has 0 saturated carbocycles. The van der Waals surface area contributed by atoms with Crippen molar-refractivity contribution >= 4 is 49.7 Å². The van der Waals surface area contributed by atoms with E-state index in [0.717, 1.165) is 65.7 Å². The average molecular weight is 661 g/mol. The molecule has 0 heterocycles. The Morgan fingerprint density at radius 2 is 1.10 bits per heavy atom. The molecule has 0 unspecified atom stereocenters. The van der Waals surface area contributed by atoms with Crippen LogP contribution >= 0.6 is 0 Å². The minimum absolute atomic E-state index is 0.377. The normalized spacial score (nSPS) is 12.1. The van der Waals surface area contributed by atoms with Crippen molar-refractivity contribution < 1.29 is 4.74 Å². The molecule has 0 aliphatic carbocycles. The molecule has 5 nitrogen and oxygen atoms in total. The van der Waals surface area contributed by atoms with Crippen molar-refractivity contribution in [2.45, 2.75) is 13.2 Å². The number of nitrogens with zero attached hydrogens (tertiary/aromatic N) is 2. The average Bonchev–Trinajstić information content (AvgIpc) is 3.19. The largest absolute Gasteiger partial charge is 0.487 e. The van der Waals surface area contributed by atoms with Crippen LogP contribution in [-0.2, 0) is 13.2 Å². The monoisotopic (exact) mass is 660 g/mol. The van der Waals surface area contributed by atoms with E-state index in [2.05, 4.69) is 97.1 Å². The van der Waals surface area contributed by atoms with Crippen LogP contribution < -0.4 is 16.2 Å². The molecule has 0 spiro atoms. The molecular weight excluding hydrogens is 625 g/mol. The van der Waals surface area contributed by atoms with E-state index in [1.807, 2.05) is 72.8 Å². The Bertz CT molecular complexity index is 2580. The minimum Gasteiger partial charge on any atom is -0.487 e. The Morgan fingerprint density at radius 1 is 0.529 bits per heavy atom. The summed E-state index contributed by atoms with van der Waals surface area (Å²) in [6.07, 6.45) is 0. The van der Waals surface area contributed by atoms with Crippen molar-refractivity contribution in [3.8, 4) is 16.9 Å². The summed E-state index contributed by atoms with van der Waals surface area (Å²) < 4.78 is 6.25. The number of aliphatic imine (C=N–C) groups is 2. The van der Waals surface area contributed by atoms with E-state index >= 15 is 0 Å². The molecule has 8 aromatic carbocycles. The smallest absolute Gasteiger partial charge is 0.158 e. The fourth-order valence-corrected chi connectivity index (χ4v) is 6.83. The molecule has 8 rings (SSSR count). The number of anilines is 1. The molecule has 0 aliphatic heterocycles. The van der Waals surface area contributed by atoms with Crippen LogP contribution in [0.25, 0.3) is 43.4 Å². The summed E-state index contributed by atoms with van der Waals surface area (Å²) in [5.74, 6) is 1.65. The van der Waals surface area contributed by atoms with Crippen LogP contribution in [0, 0.1) is 0 Å². The fraction of sp³-hybridized carbons (Fsp3) is 0.0435. The highest BCUT2D eigenvalue weighted by Gasteiger charge is 2.22. The van der Waals surface area contributed by atoms with Gasteiger partial charge >= 0.3 is 0 Å². The summed E-state index contributed by atoms with van der Waals surface area (Å²) >= 11 is 0. The lowest BCUT2D eigenvalue weighted by molar-refractivity contribution is 0.309. The molecule has 246 valence electrons. The van der Waals surface area contributed by atoms with Crippen LogP contribution in [0.5, 0.6) is 5.75 Å². The predicted molar refractivity (Wildman–Crippen MR) is 213 cm³/mol. The second-order valence-electron chi connectivity index (χ2n) is 12.5. The number of hydrogen-bond acceptors (Lipinski definition) is 3. The number of amidine groups is 2. The Labute approximate surface area is 297 Å². The van der Waals surface area contributed by atoms with Gasteiger partial charge in [0.25, 0.3) is 0 Å². The van der Waals surface area contributed by atoms with E-state index in [1.165, 1.54) is 0 Å². The van der Waals surface area contributed by atoms with Gasteiger partial charge in [0.1, 0.15) is 18.2 Å². The summed E-state index contributed by atoms with van der Waals surface area (Å²) in [6, 6.07) is 57.7. The zero-order valence-corrected chi connectivity index (χ0v) is 28.0. The molecule has 0 bridgehead atoms. The summed E-state index contributed by atoms with van der Waals surface area (Å²) in [5.41, 5.74) is 19.7. The molecule has 0 radical (unpaired) electrons. The van der Waals surface area contributed by atoms with Gasteiger partial charge in [-0.05, 0) is 61.1 Å². The van der Waals surface area contributed by atoms with Gasteiger partial charge in [0.2, 0.25) is 0 Å². The molecule has 51 heavy (non-hydrogen) atoms. The SMILES string of the molecule is N/C(=N\C(=N/Cc1ccccc1)c1c(-c2ccc(COc3ccccc3N)c3ccccc23)c2ccccc2c2ccccc12)c1ccccc1. The van der Waals surface area contributed by atoms with Gasteiger partial charge in [-0.3, -0.25) is 4.99 Å². The van der Waals surface area contributed by atoms with Gasteiger partial charge in [-0.1, -0.05) is 158 Å². The number of para-hydroxylation sites is 2. The maximum Gasteiger partial charge on any atom is 0.158 e. The third-order valence-electron chi connectivity index (χ3n) is 9.29. The Kier molecular flexibility index (Phi) is 8.67. The van der Waals surface area contributed by atoms with Crippen LogP contribution in [-0.4, -0.2) is 11.7 Å². The van der Waals surface area contributed by atoms with Crippen molar-refractivity contribution in [3.63, 3.8) is 0 Å². The predicted octanol–water partition coefficient (Wildman–Crippen LogP) is 10.3. The molecule has 0 aromatic heterocycles. The van der Waals surface area contributed by atoms with E-state index in [4.69, 9.17) is 26.2 Å². The van der Waals surface area contributed by atoms with Crippen LogP contribution in [0.4, 0.5) is 5.69 Å². The molecule has 0 atom stereocenters. The fourth-order valence-electron chi connectivity index (χ4n) is 6.83. The zero-order chi connectivity index (χ0) is 34.6. The maximum absolute atomic E-state index is 6.80. The number of rotatable bonds is 8. The second-order valence-corrected chi connectivity index (χ2v) is 12.5. The molecule has 0 fully saturated rings. The van der Waals surface area contributed by atoms with Gasteiger partial charge in [-0.15, -0.1) is 0 Å². The first-order valence-electron chi connectivity index (χ1n) is 17.1. The molecular formula is C46H36N4O. The van der Waals surface area contributed by atoms with Crippen molar-refractivity contribution in [1.82, 2.24) is 0 Å². The number of hydrogen-bond donors (Lipinski definition) is 2. The Morgan fingerprint density at radius 3 is 1.82 bits per heavy atom. The highest BCUT2D eigenvalue weighted by molar-refractivity contribution is 6.28. The molecule has 0 amide bonds. The van der Waals surface area contributed by atoms with E-state index in [0.29, 0.717) is 36.3 Å². The number of nitrogens with two attached hydrogens (primary N) is 2. The van der Waals surface area contributed by atoms with Gasteiger partial charge in [-0.25, -0.2) is 4.99 Å². The number of nitrogen functional groups attached to an aromatic ring is 1. The van der Waals surface area contributed by atoms with Crippen LogP contribution in [0.1, 0.15) is 22.3 Å². The number of ether oxygens (including phenoxy) is 1. The third-order valence-corrected chi connectivity index (χ3v) is 9.29. The highest BCUT2D eigenvalue weighted by Crippen LogP contribution is 2.43. The molecule has 4 N–H and O–H groups in total. The summed E-state index contributed by atoms with van der Waals surface area (Å²) in [7, 11) is 0. The second kappa shape index (κ2) is 14.0. The summed E-state index contributed by atoms with van der Waals surface area (Å²) in [5, 5.41) is 6.65. The van der Waals surface area contributed by atoms with E-state index in [-0.39, 0.29) is 0 Å². The molecule has 5 heteroatoms. The van der Waals surface area contributed by atoms with E-state index in [1.54, 1.807) is 0 Å². The van der Waals surface area contributed by atoms with Gasteiger partial charge in [0.15, 0.2) is 5.84 Å². The zero-order valence-electron chi connectivity index (χ0n) is 28.0. The quantitative estimate of drug-likeness (QED) is 0.0736. The Balaban J connectivity index is 1.40. The van der Waals surface area contributed by atoms with Crippen molar-refractivity contribution in [2.75, 3.05) is 5.73 Å². The molecule has 8 aromatic rings. The van der Waals surface area contributed by atoms with Crippen molar-refractivity contribution in [2.24, 2.45) is 15.7 Å².